The third-order valence-electron chi connectivity index (χ3n) is 4.01. The number of carboxylic acids is 1. The fourth-order valence-electron chi connectivity index (χ4n) is 2.70. The highest BCUT2D eigenvalue weighted by Gasteiger charge is 2.46. The maximum Gasteiger partial charge on any atom is 0.303 e. The molecule has 1 saturated carbocycles. The lowest BCUT2D eigenvalue weighted by atomic mass is 9.94. The van der Waals surface area contributed by atoms with E-state index >= 15 is 0 Å². The van der Waals surface area contributed by atoms with Crippen molar-refractivity contribution in [2.45, 2.75) is 37.1 Å². The van der Waals surface area contributed by atoms with E-state index in [0.29, 0.717) is 6.42 Å². The summed E-state index contributed by atoms with van der Waals surface area (Å²) in [6.45, 7) is 0. The zero-order chi connectivity index (χ0) is 15.7. The maximum absolute atomic E-state index is 11.5. The van der Waals surface area contributed by atoms with Gasteiger partial charge in [0, 0.05) is 24.1 Å². The van der Waals surface area contributed by atoms with E-state index in [0.717, 1.165) is 24.0 Å². The molecule has 0 aromatic heterocycles. The second-order valence-corrected chi connectivity index (χ2v) is 8.15. The fraction of sp³-hybridized carbons (Fsp3) is 0.533. The van der Waals surface area contributed by atoms with Gasteiger partial charge in [0.25, 0.3) is 0 Å². The van der Waals surface area contributed by atoms with E-state index in [-0.39, 0.29) is 23.6 Å². The van der Waals surface area contributed by atoms with E-state index < -0.39 is 15.8 Å². The van der Waals surface area contributed by atoms with Gasteiger partial charge < -0.3 is 10.8 Å². The van der Waals surface area contributed by atoms with Gasteiger partial charge in [-0.05, 0) is 30.4 Å². The van der Waals surface area contributed by atoms with Gasteiger partial charge in [-0.2, -0.15) is 0 Å². The lowest BCUT2D eigenvalue weighted by Crippen LogP contribution is -2.20. The van der Waals surface area contributed by atoms with E-state index in [1.165, 1.54) is 6.26 Å². The first-order chi connectivity index (χ1) is 9.72. The van der Waals surface area contributed by atoms with Crippen molar-refractivity contribution in [1.82, 2.24) is 0 Å². The highest BCUT2D eigenvalue weighted by atomic mass is 32.2. The van der Waals surface area contributed by atoms with Gasteiger partial charge >= 0.3 is 5.97 Å². The molecule has 0 saturated heterocycles. The zero-order valence-electron chi connectivity index (χ0n) is 12.1. The van der Waals surface area contributed by atoms with E-state index in [2.05, 4.69) is 0 Å². The summed E-state index contributed by atoms with van der Waals surface area (Å²) in [6, 6.07) is 7.30. The van der Waals surface area contributed by atoms with Crippen molar-refractivity contribution in [3.8, 4) is 0 Å². The molecule has 0 aliphatic heterocycles. The van der Waals surface area contributed by atoms with Crippen LogP contribution in [0.4, 0.5) is 0 Å². The zero-order valence-corrected chi connectivity index (χ0v) is 12.9. The largest absolute Gasteiger partial charge is 0.481 e. The molecule has 1 aliphatic carbocycles. The minimum absolute atomic E-state index is 0.0426. The third-order valence-corrected chi connectivity index (χ3v) is 5.09. The van der Waals surface area contributed by atoms with E-state index in [4.69, 9.17) is 10.8 Å². The van der Waals surface area contributed by atoms with Crippen LogP contribution < -0.4 is 5.73 Å². The summed E-state index contributed by atoms with van der Waals surface area (Å²) in [5.41, 5.74) is 7.65. The van der Waals surface area contributed by atoms with Crippen molar-refractivity contribution in [3.05, 3.63) is 35.4 Å². The van der Waals surface area contributed by atoms with Crippen LogP contribution in [0, 0.1) is 0 Å². The van der Waals surface area contributed by atoms with Crippen molar-refractivity contribution in [1.29, 1.82) is 0 Å². The topological polar surface area (TPSA) is 97.5 Å². The summed E-state index contributed by atoms with van der Waals surface area (Å²) in [6.07, 6.45) is 3.49. The van der Waals surface area contributed by atoms with Crippen LogP contribution in [-0.2, 0) is 20.0 Å². The van der Waals surface area contributed by atoms with Gasteiger partial charge in [0.15, 0.2) is 0 Å². The molecule has 1 fully saturated rings. The van der Waals surface area contributed by atoms with Gasteiger partial charge in [0.05, 0.1) is 5.75 Å². The standard InChI is InChI=1S/C15H21NO4S/c1-21(19,20)10-15(8-9-15)12-4-2-11(3-5-12)13(16)6-7-14(17)18/h2-5,13H,6-10,16H2,1H3,(H,17,18). The number of aliphatic carboxylic acids is 1. The van der Waals surface area contributed by atoms with Crippen molar-refractivity contribution >= 4 is 15.8 Å². The van der Waals surface area contributed by atoms with Gasteiger partial charge in [-0.1, -0.05) is 24.3 Å². The van der Waals surface area contributed by atoms with E-state index in [1.807, 2.05) is 24.3 Å². The molecule has 6 heteroatoms. The minimum Gasteiger partial charge on any atom is -0.481 e. The summed E-state index contributed by atoms with van der Waals surface area (Å²) in [5, 5.41) is 8.66. The molecule has 2 rings (SSSR count). The monoisotopic (exact) mass is 311 g/mol. The Morgan fingerprint density at radius 3 is 2.33 bits per heavy atom. The van der Waals surface area contributed by atoms with E-state index in [1.54, 1.807) is 0 Å². The minimum atomic E-state index is -3.00. The van der Waals surface area contributed by atoms with Crippen LogP contribution in [0.5, 0.6) is 0 Å². The molecular formula is C15H21NO4S. The molecule has 0 radical (unpaired) electrons. The Morgan fingerprint density at radius 2 is 1.90 bits per heavy atom. The van der Waals surface area contributed by atoms with Crippen LogP contribution in [0.2, 0.25) is 0 Å². The normalized spacial score (nSPS) is 18.2. The molecule has 116 valence electrons. The predicted molar refractivity (Wildman–Crippen MR) is 80.9 cm³/mol. The Kier molecular flexibility index (Phi) is 4.39. The van der Waals surface area contributed by atoms with Gasteiger partial charge in [0.1, 0.15) is 9.84 Å². The Balaban J connectivity index is 2.07. The van der Waals surface area contributed by atoms with Crippen molar-refractivity contribution in [2.75, 3.05) is 12.0 Å². The number of nitrogens with two attached hydrogens (primary N) is 1. The Bertz CT molecular complexity index is 618. The Morgan fingerprint density at radius 1 is 1.33 bits per heavy atom. The van der Waals surface area contributed by atoms with Crippen LogP contribution in [0.1, 0.15) is 42.9 Å². The number of rotatable bonds is 7. The first-order valence-electron chi connectivity index (χ1n) is 6.97. The molecular weight excluding hydrogens is 290 g/mol. The highest BCUT2D eigenvalue weighted by molar-refractivity contribution is 7.90. The predicted octanol–water partition coefficient (Wildman–Crippen LogP) is 1.63. The molecule has 21 heavy (non-hydrogen) atoms. The molecule has 1 unspecified atom stereocenters. The summed E-state index contributed by atoms with van der Waals surface area (Å²) in [7, 11) is -3.00. The molecule has 0 heterocycles. The highest BCUT2D eigenvalue weighted by Crippen LogP contribution is 2.49. The summed E-state index contributed by atoms with van der Waals surface area (Å²) >= 11 is 0. The van der Waals surface area contributed by atoms with Gasteiger partial charge in [-0.15, -0.1) is 0 Å². The SMILES string of the molecule is CS(=O)(=O)CC1(c2ccc(C(N)CCC(=O)O)cc2)CC1. The van der Waals surface area contributed by atoms with Gasteiger partial charge in [-0.3, -0.25) is 4.79 Å². The van der Waals surface area contributed by atoms with Crippen LogP contribution in [0.25, 0.3) is 0 Å². The van der Waals surface area contributed by atoms with Gasteiger partial charge in [0.2, 0.25) is 0 Å². The molecule has 1 atom stereocenters. The molecule has 0 spiro atoms. The number of hydrogen-bond acceptors (Lipinski definition) is 4. The van der Waals surface area contributed by atoms with E-state index in [9.17, 15) is 13.2 Å². The van der Waals surface area contributed by atoms with Crippen LogP contribution in [0.15, 0.2) is 24.3 Å². The quantitative estimate of drug-likeness (QED) is 0.797. The number of benzene rings is 1. The Labute approximate surface area is 125 Å². The Hall–Kier alpha value is -1.40. The first-order valence-corrected chi connectivity index (χ1v) is 9.03. The number of hydrogen-bond donors (Lipinski definition) is 2. The second-order valence-electron chi connectivity index (χ2n) is 6.01. The fourth-order valence-corrected chi connectivity index (χ4v) is 4.16. The summed E-state index contributed by atoms with van der Waals surface area (Å²) in [4.78, 5) is 10.5. The number of sulfone groups is 1. The molecule has 3 N–H and O–H groups in total. The average Bonchev–Trinajstić information content (AvgIpc) is 3.14. The lowest BCUT2D eigenvalue weighted by molar-refractivity contribution is -0.137. The maximum atomic E-state index is 11.5. The van der Waals surface area contributed by atoms with Crippen molar-refractivity contribution in [2.24, 2.45) is 5.73 Å². The van der Waals surface area contributed by atoms with Crippen LogP contribution in [0.3, 0.4) is 0 Å². The summed E-state index contributed by atoms with van der Waals surface area (Å²) in [5.74, 6) is -0.670. The molecule has 5 nitrogen and oxygen atoms in total. The van der Waals surface area contributed by atoms with Crippen LogP contribution >= 0.6 is 0 Å². The van der Waals surface area contributed by atoms with Gasteiger partial charge in [-0.25, -0.2) is 8.42 Å². The summed E-state index contributed by atoms with van der Waals surface area (Å²) < 4.78 is 23.0. The first kappa shape index (κ1) is 16.0. The number of carboxylic acid groups (broad SMARTS) is 1. The average molecular weight is 311 g/mol. The number of carbonyl (C=O) groups is 1. The molecule has 1 aromatic rings. The molecule has 1 aromatic carbocycles. The van der Waals surface area contributed by atoms with Crippen molar-refractivity contribution in [3.63, 3.8) is 0 Å². The smallest absolute Gasteiger partial charge is 0.303 e. The second kappa shape index (κ2) is 5.77. The van der Waals surface area contributed by atoms with Crippen molar-refractivity contribution < 1.29 is 18.3 Å². The molecule has 1 aliphatic rings. The molecule has 0 amide bonds. The van der Waals surface area contributed by atoms with Crippen LogP contribution in [-0.4, -0.2) is 31.5 Å². The lowest BCUT2D eigenvalue weighted by Gasteiger charge is -2.16. The molecule has 0 bridgehead atoms. The third kappa shape index (κ3) is 4.28.